The summed E-state index contributed by atoms with van der Waals surface area (Å²) in [6.07, 6.45) is 0. The normalized spacial score (nSPS) is 0. The van der Waals surface area contributed by atoms with E-state index in [-0.39, 0.29) is 113 Å². The molecule has 0 aromatic carbocycles. The zero-order valence-electron chi connectivity index (χ0n) is 3.94. The van der Waals surface area contributed by atoms with Gasteiger partial charge in [0.05, 0.1) is 0 Å². The molecule has 0 fully saturated rings. The van der Waals surface area contributed by atoms with E-state index in [9.17, 15) is 0 Å². The van der Waals surface area contributed by atoms with E-state index in [1.54, 1.807) is 0 Å². The Kier molecular flexibility index (Phi) is 1550. The zero-order valence-corrected chi connectivity index (χ0v) is 14.6. The molecule has 0 saturated heterocycles. The largest absolute Gasteiger partial charge is 2.00 e. The summed E-state index contributed by atoms with van der Waals surface area (Å²) < 4.78 is 0. The second-order valence-corrected chi connectivity index (χ2v) is 0. The summed E-state index contributed by atoms with van der Waals surface area (Å²) in [5.74, 6) is 0. The molecule has 0 spiro atoms. The van der Waals surface area contributed by atoms with Gasteiger partial charge in [-0.1, -0.05) is 0 Å². The second kappa shape index (κ2) is 95.3. The van der Waals surface area contributed by atoms with Gasteiger partial charge >= 0.3 is 41.9 Å². The Morgan fingerprint density at radius 2 is 0.625 bits per heavy atom. The standard InChI is InChI=1S/Nb.4H2O.Pb.Ti.Zn/h;4*1H2;;;/q+2;;;;;;;+2/p-4. The van der Waals surface area contributed by atoms with Crippen LogP contribution in [0.5, 0.6) is 0 Å². The van der Waals surface area contributed by atoms with Gasteiger partial charge in [0.15, 0.2) is 0 Å². The molecule has 0 aliphatic rings. The minimum atomic E-state index is 0. The van der Waals surface area contributed by atoms with E-state index in [0.717, 1.165) is 0 Å². The molecule has 0 aliphatic carbocycles. The first kappa shape index (κ1) is 130. The molecular formula is H4NbO4PbTiZn. The first-order valence-electron chi connectivity index (χ1n) is 0. The van der Waals surface area contributed by atoms with Crippen LogP contribution < -0.4 is 0 Å². The Labute approximate surface area is 111 Å². The molecular weight excluding hydrogens is 477 g/mol. The van der Waals surface area contributed by atoms with Crippen LogP contribution in [-0.4, -0.2) is 49.2 Å². The first-order valence-corrected chi connectivity index (χ1v) is 0. The first-order chi connectivity index (χ1) is 0. The Bertz CT molecular complexity index is 16.0. The van der Waals surface area contributed by atoms with Gasteiger partial charge in [-0.3, -0.25) is 0 Å². The van der Waals surface area contributed by atoms with Crippen molar-refractivity contribution in [3.05, 3.63) is 0 Å². The monoisotopic (exact) mass is 481 g/mol. The quantitative estimate of drug-likeness (QED) is 0.408. The molecule has 43 valence electrons. The number of hydrogen-bond donors (Lipinski definition) is 0. The Morgan fingerprint density at radius 1 is 0.625 bits per heavy atom. The predicted octanol–water partition coefficient (Wildman–Crippen LogP) is -1.10. The van der Waals surface area contributed by atoms with E-state index in [1.165, 1.54) is 0 Å². The minimum absolute atomic E-state index is 0. The van der Waals surface area contributed by atoms with Crippen LogP contribution in [0.4, 0.5) is 0 Å². The van der Waals surface area contributed by atoms with Gasteiger partial charge in [-0.25, -0.2) is 0 Å². The van der Waals surface area contributed by atoms with Crippen LogP contribution in [-0.2, 0) is 63.6 Å². The smallest absolute Gasteiger partial charge is 0.870 e. The van der Waals surface area contributed by atoms with Crippen molar-refractivity contribution in [1.82, 2.24) is 0 Å². The molecule has 0 atom stereocenters. The van der Waals surface area contributed by atoms with Crippen molar-refractivity contribution in [2.24, 2.45) is 0 Å². The molecule has 0 aliphatic heterocycles. The van der Waals surface area contributed by atoms with Crippen molar-refractivity contribution in [2.45, 2.75) is 0 Å². The molecule has 0 bridgehead atoms. The maximum Gasteiger partial charge on any atom is 2.00 e. The molecule has 0 heterocycles. The maximum absolute atomic E-state index is 0. The van der Waals surface area contributed by atoms with Crippen LogP contribution in [0.15, 0.2) is 0 Å². The van der Waals surface area contributed by atoms with Crippen molar-refractivity contribution in [1.29, 1.82) is 0 Å². The molecule has 0 unspecified atom stereocenters. The van der Waals surface area contributed by atoms with Crippen molar-refractivity contribution in [2.75, 3.05) is 0 Å². The Morgan fingerprint density at radius 3 is 0.625 bits per heavy atom. The fourth-order valence-electron chi connectivity index (χ4n) is 0. The fourth-order valence-corrected chi connectivity index (χ4v) is 0. The van der Waals surface area contributed by atoms with E-state index >= 15 is 0 Å². The number of rotatable bonds is 0. The minimum Gasteiger partial charge on any atom is -0.870 e. The van der Waals surface area contributed by atoms with Gasteiger partial charge in [0.1, 0.15) is 0 Å². The van der Waals surface area contributed by atoms with Crippen molar-refractivity contribution < 1.29 is 85.5 Å². The molecule has 0 saturated carbocycles. The summed E-state index contributed by atoms with van der Waals surface area (Å²) in [6, 6.07) is 0. The third-order valence-electron chi connectivity index (χ3n) is 0. The van der Waals surface area contributed by atoms with E-state index in [4.69, 9.17) is 0 Å². The van der Waals surface area contributed by atoms with Crippen LogP contribution in [0.2, 0.25) is 0 Å². The van der Waals surface area contributed by atoms with Crippen LogP contribution in [0, 0.1) is 0 Å². The van der Waals surface area contributed by atoms with Crippen LogP contribution in [0.25, 0.3) is 0 Å². The molecule has 0 aromatic heterocycles. The number of hydrogen-bond acceptors (Lipinski definition) is 4. The fraction of sp³-hybridized carbons (Fsp3) is 0. The molecule has 4 nitrogen and oxygen atoms in total. The third-order valence-corrected chi connectivity index (χ3v) is 0. The van der Waals surface area contributed by atoms with Crippen LogP contribution in [0.3, 0.4) is 0 Å². The van der Waals surface area contributed by atoms with Gasteiger partial charge < -0.3 is 21.9 Å². The Balaban J connectivity index is 0. The zero-order chi connectivity index (χ0) is 0. The molecule has 8 heteroatoms. The molecule has 0 amide bonds. The topological polar surface area (TPSA) is 120 Å². The summed E-state index contributed by atoms with van der Waals surface area (Å²) in [6.45, 7) is 0. The molecule has 0 aromatic rings. The van der Waals surface area contributed by atoms with E-state index in [1.807, 2.05) is 0 Å². The summed E-state index contributed by atoms with van der Waals surface area (Å²) in [5, 5.41) is 0. The summed E-state index contributed by atoms with van der Waals surface area (Å²) in [7, 11) is 0. The molecule has 4 N–H and O–H groups in total. The third kappa shape index (κ3) is 67.4. The van der Waals surface area contributed by atoms with Crippen molar-refractivity contribution in [3.8, 4) is 0 Å². The molecule has 0 rings (SSSR count). The van der Waals surface area contributed by atoms with Crippen LogP contribution >= 0.6 is 0 Å². The van der Waals surface area contributed by atoms with Gasteiger partial charge in [0.25, 0.3) is 0 Å². The second-order valence-electron chi connectivity index (χ2n) is 0. The average molecular weight is 481 g/mol. The van der Waals surface area contributed by atoms with Gasteiger partial charge in [0, 0.05) is 49.0 Å². The van der Waals surface area contributed by atoms with Crippen LogP contribution in [0.1, 0.15) is 0 Å². The molecule has 5 radical (unpaired) electrons. The predicted molar refractivity (Wildman–Crippen MR) is 13.5 cm³/mol. The van der Waals surface area contributed by atoms with E-state index < -0.39 is 0 Å². The summed E-state index contributed by atoms with van der Waals surface area (Å²) in [4.78, 5) is 0. The van der Waals surface area contributed by atoms with E-state index in [2.05, 4.69) is 0 Å². The average Bonchev–Trinajstić information content (AvgIpc) is 0. The van der Waals surface area contributed by atoms with Gasteiger partial charge in [-0.15, -0.1) is 0 Å². The van der Waals surface area contributed by atoms with Gasteiger partial charge in [-0.05, 0) is 0 Å². The SMILES string of the molecule is [Nb+2].[OH-].[OH-].[OH-].[OH-].[Pb].[Ti].[Zn+2]. The Hall–Kier alpha value is 2.84. The molecule has 8 heavy (non-hydrogen) atoms. The summed E-state index contributed by atoms with van der Waals surface area (Å²) >= 11 is 0. The van der Waals surface area contributed by atoms with Crippen molar-refractivity contribution >= 4 is 27.3 Å². The maximum atomic E-state index is 0. The van der Waals surface area contributed by atoms with Gasteiger partial charge in [0.2, 0.25) is 0 Å². The summed E-state index contributed by atoms with van der Waals surface area (Å²) in [5.41, 5.74) is 0. The van der Waals surface area contributed by atoms with E-state index in [0.29, 0.717) is 0 Å². The van der Waals surface area contributed by atoms with Gasteiger partial charge in [-0.2, -0.15) is 0 Å². The van der Waals surface area contributed by atoms with Crippen molar-refractivity contribution in [3.63, 3.8) is 0 Å².